The number of aliphatic hydroxyl groups is 1. The molecule has 1 unspecified atom stereocenters. The topological polar surface area (TPSA) is 126 Å². The summed E-state index contributed by atoms with van der Waals surface area (Å²) in [6.45, 7) is 6.28. The molecule has 1 amide bonds. The number of aliphatic hydroxyl groups excluding tert-OH is 1. The van der Waals surface area contributed by atoms with Crippen LogP contribution < -0.4 is 10.2 Å². The first kappa shape index (κ1) is 32.6. The second-order valence-electron chi connectivity index (χ2n) is 10.2. The Bertz CT molecular complexity index is 1670. The average Bonchev–Trinajstić information content (AvgIpc) is 3.64. The molecule has 0 spiro atoms. The number of carbonyl (C=O) groups is 2. The maximum Gasteiger partial charge on any atom is 0.264 e. The molecule has 232 valence electrons. The number of aromatic nitrogens is 5. The first-order valence-corrected chi connectivity index (χ1v) is 14.1. The minimum atomic E-state index is -2.95. The van der Waals surface area contributed by atoms with E-state index in [0.29, 0.717) is 6.29 Å². The van der Waals surface area contributed by atoms with Crippen molar-refractivity contribution in [1.82, 2.24) is 24.7 Å². The Morgan fingerprint density at radius 1 is 1.23 bits per heavy atom. The van der Waals surface area contributed by atoms with Gasteiger partial charge in [-0.25, -0.2) is 23.1 Å². The number of nitrogens with one attached hydrogen (secondary N) is 1. The van der Waals surface area contributed by atoms with Crippen molar-refractivity contribution in [2.24, 2.45) is 5.92 Å². The molecule has 4 aromatic rings. The lowest BCUT2D eigenvalue weighted by Crippen LogP contribution is -2.28. The van der Waals surface area contributed by atoms with Gasteiger partial charge in [-0.05, 0) is 43.5 Å². The molecule has 14 heteroatoms. The molecule has 0 saturated carbocycles. The van der Waals surface area contributed by atoms with E-state index >= 15 is 0 Å². The van der Waals surface area contributed by atoms with Crippen LogP contribution in [0.3, 0.4) is 0 Å². The molecule has 2 N–H and O–H groups in total. The van der Waals surface area contributed by atoms with Crippen LogP contribution in [0.1, 0.15) is 65.6 Å². The van der Waals surface area contributed by atoms with Crippen LogP contribution in [-0.2, 0) is 11.4 Å². The van der Waals surface area contributed by atoms with Gasteiger partial charge in [-0.15, -0.1) is 0 Å². The van der Waals surface area contributed by atoms with E-state index < -0.39 is 30.0 Å². The van der Waals surface area contributed by atoms with E-state index in [9.17, 15) is 22.8 Å². The summed E-state index contributed by atoms with van der Waals surface area (Å²) in [5.74, 6) is -0.0185. The van der Waals surface area contributed by atoms with E-state index in [1.807, 2.05) is 42.9 Å². The summed E-state index contributed by atoms with van der Waals surface area (Å²) in [5, 5.41) is 16.1. The summed E-state index contributed by atoms with van der Waals surface area (Å²) in [5.41, 5.74) is 1.41. The van der Waals surface area contributed by atoms with Gasteiger partial charge in [-0.1, -0.05) is 24.6 Å². The van der Waals surface area contributed by atoms with Gasteiger partial charge in [-0.2, -0.15) is 5.10 Å². The number of alkyl halides is 2. The van der Waals surface area contributed by atoms with Crippen molar-refractivity contribution in [2.75, 3.05) is 23.8 Å². The van der Waals surface area contributed by atoms with Gasteiger partial charge in [0.15, 0.2) is 12.1 Å². The van der Waals surface area contributed by atoms with E-state index in [-0.39, 0.29) is 40.0 Å². The third-order valence-corrected chi connectivity index (χ3v) is 7.62. The summed E-state index contributed by atoms with van der Waals surface area (Å²) in [4.78, 5) is 36.9. The summed E-state index contributed by atoms with van der Waals surface area (Å²) in [6.07, 6.45) is 4.87. The number of aryl methyl sites for hydroxylation is 1. The molecule has 1 aromatic carbocycles. The maximum atomic E-state index is 14.1. The van der Waals surface area contributed by atoms with Crippen molar-refractivity contribution in [3.8, 4) is 11.3 Å². The van der Waals surface area contributed by atoms with Crippen molar-refractivity contribution in [3.63, 3.8) is 0 Å². The minimum Gasteiger partial charge on any atom is -0.390 e. The normalized spacial score (nSPS) is 15.3. The number of hydrogen-bond acceptors (Lipinski definition) is 8. The average molecular weight is 630 g/mol. The number of amides is 1. The molecule has 10 nitrogen and oxygen atoms in total. The highest BCUT2D eigenvalue weighted by Crippen LogP contribution is 2.35. The Hall–Kier alpha value is -4.36. The van der Waals surface area contributed by atoms with Crippen molar-refractivity contribution < 1.29 is 27.9 Å². The van der Waals surface area contributed by atoms with E-state index in [2.05, 4.69) is 38.4 Å². The molecule has 1 aliphatic heterocycles. The number of aldehydes is 1. The highest BCUT2D eigenvalue weighted by atomic mass is 35.5. The highest BCUT2D eigenvalue weighted by molar-refractivity contribution is 6.31. The lowest BCUT2D eigenvalue weighted by atomic mass is 10.0. The number of halogens is 4. The standard InChI is InChI=1S/C17H23N5O.C13H8ClF3N2O2/c1-11-5-6-21(17(11)23)16-12(2)7-14(8-19-16)13(3)22-10-15(18-4)9-20-22;14-7-2-1-6(13(16)17)11(12(7)15)8-3-18-9(4-20)10(5-21)19-8/h7-11,13,18H,5-6H2,1-4H3;1-3,5,13,20H,4H2/t11-,13?;/m1./s1. The molecule has 4 heterocycles. The largest absolute Gasteiger partial charge is 0.390 e. The number of nitrogens with zero attached hydrogens (tertiary/aromatic N) is 6. The van der Waals surface area contributed by atoms with Crippen LogP contribution >= 0.6 is 11.6 Å². The van der Waals surface area contributed by atoms with Crippen LogP contribution in [0.25, 0.3) is 11.3 Å². The predicted molar refractivity (Wildman–Crippen MR) is 159 cm³/mol. The fraction of sp³-hybridized carbons (Fsp3) is 0.333. The number of benzene rings is 1. The second-order valence-corrected chi connectivity index (χ2v) is 10.6. The fourth-order valence-corrected chi connectivity index (χ4v) is 4.89. The molecule has 44 heavy (non-hydrogen) atoms. The van der Waals surface area contributed by atoms with Gasteiger partial charge in [-0.3, -0.25) is 24.2 Å². The third kappa shape index (κ3) is 6.73. The van der Waals surface area contributed by atoms with Gasteiger partial charge < -0.3 is 10.4 Å². The third-order valence-electron chi connectivity index (χ3n) is 7.33. The Labute approximate surface area is 256 Å². The number of rotatable bonds is 8. The van der Waals surface area contributed by atoms with Crippen LogP contribution in [0.2, 0.25) is 5.02 Å². The Kier molecular flexibility index (Phi) is 10.3. The highest BCUT2D eigenvalue weighted by Gasteiger charge is 2.31. The molecule has 1 saturated heterocycles. The van der Waals surface area contributed by atoms with E-state index in [1.54, 1.807) is 6.20 Å². The van der Waals surface area contributed by atoms with Crippen LogP contribution in [0.15, 0.2) is 43.0 Å². The summed E-state index contributed by atoms with van der Waals surface area (Å²) >= 11 is 5.59. The lowest BCUT2D eigenvalue weighted by Gasteiger charge is -2.20. The van der Waals surface area contributed by atoms with E-state index in [0.717, 1.165) is 53.9 Å². The summed E-state index contributed by atoms with van der Waals surface area (Å²) < 4.78 is 41.9. The van der Waals surface area contributed by atoms with Crippen molar-refractivity contribution in [2.45, 2.75) is 46.3 Å². The molecular weight excluding hydrogens is 599 g/mol. The molecular formula is C30H31ClF3N7O3. The van der Waals surface area contributed by atoms with Gasteiger partial charge in [0.2, 0.25) is 5.91 Å². The monoisotopic (exact) mass is 629 g/mol. The summed E-state index contributed by atoms with van der Waals surface area (Å²) in [6, 6.07) is 4.18. The van der Waals surface area contributed by atoms with Gasteiger partial charge in [0.25, 0.3) is 6.43 Å². The zero-order valence-corrected chi connectivity index (χ0v) is 25.2. The van der Waals surface area contributed by atoms with Gasteiger partial charge in [0, 0.05) is 43.0 Å². The first-order chi connectivity index (χ1) is 21.0. The second kappa shape index (κ2) is 14.0. The number of hydrogen-bond donors (Lipinski definition) is 2. The van der Waals surface area contributed by atoms with E-state index in [1.165, 1.54) is 0 Å². The molecule has 2 atom stereocenters. The van der Waals surface area contributed by atoms with Gasteiger partial charge in [0.1, 0.15) is 11.5 Å². The zero-order chi connectivity index (χ0) is 32.1. The SMILES string of the molecule is CNc1cnn(C(C)c2cnc(N3CC[C@@H](C)C3=O)c(C)c2)c1.O=Cc1nc(-c2c(C(F)F)ccc(Cl)c2F)cnc1CO. The molecule has 3 aromatic heterocycles. The van der Waals surface area contributed by atoms with Crippen LogP contribution in [0.5, 0.6) is 0 Å². The van der Waals surface area contributed by atoms with Crippen molar-refractivity contribution >= 4 is 35.3 Å². The quantitative estimate of drug-likeness (QED) is 0.235. The molecule has 0 aliphatic carbocycles. The van der Waals surface area contributed by atoms with Gasteiger partial charge in [0.05, 0.1) is 47.1 Å². The molecule has 5 rings (SSSR count). The Morgan fingerprint density at radius 3 is 2.55 bits per heavy atom. The number of anilines is 2. The Morgan fingerprint density at radius 2 is 1.98 bits per heavy atom. The Balaban J connectivity index is 0.000000202. The molecule has 1 fully saturated rings. The van der Waals surface area contributed by atoms with Crippen LogP contribution in [0, 0.1) is 18.7 Å². The van der Waals surface area contributed by atoms with Crippen molar-refractivity contribution in [1.29, 1.82) is 0 Å². The summed E-state index contributed by atoms with van der Waals surface area (Å²) in [7, 11) is 1.88. The predicted octanol–water partition coefficient (Wildman–Crippen LogP) is 5.79. The molecule has 0 bridgehead atoms. The van der Waals surface area contributed by atoms with E-state index in [4.69, 9.17) is 16.7 Å². The smallest absolute Gasteiger partial charge is 0.264 e. The van der Waals surface area contributed by atoms with Crippen LogP contribution in [-0.4, -0.2) is 55.6 Å². The lowest BCUT2D eigenvalue weighted by molar-refractivity contribution is -0.119. The minimum absolute atomic E-state index is 0.0326. The van der Waals surface area contributed by atoms with Crippen molar-refractivity contribution in [3.05, 3.63) is 81.9 Å². The molecule has 0 radical (unpaired) electrons. The first-order valence-electron chi connectivity index (χ1n) is 13.7. The fourth-order valence-electron chi connectivity index (χ4n) is 4.74. The van der Waals surface area contributed by atoms with Crippen LogP contribution in [0.4, 0.5) is 24.7 Å². The number of pyridine rings is 1. The number of carbonyl (C=O) groups excluding carboxylic acids is 2. The van der Waals surface area contributed by atoms with Gasteiger partial charge >= 0.3 is 0 Å². The zero-order valence-electron chi connectivity index (χ0n) is 24.4. The molecule has 1 aliphatic rings. The maximum absolute atomic E-state index is 14.1.